The zero-order valence-electron chi connectivity index (χ0n) is 6.74. The van der Waals surface area contributed by atoms with Gasteiger partial charge in [0.15, 0.2) is 0 Å². The van der Waals surface area contributed by atoms with Crippen LogP contribution >= 0.6 is 0 Å². The molecule has 0 heterocycles. The smallest absolute Gasteiger partial charge is 0.313 e. The van der Waals surface area contributed by atoms with Crippen molar-refractivity contribution in [3.63, 3.8) is 0 Å². The maximum absolute atomic E-state index is 10.8. The Morgan fingerprint density at radius 2 is 2.08 bits per heavy atom. The summed E-state index contributed by atoms with van der Waals surface area (Å²) in [7, 11) is 1.21. The number of rotatable bonds is 6. The van der Waals surface area contributed by atoms with Gasteiger partial charge in [-0.1, -0.05) is 0 Å². The van der Waals surface area contributed by atoms with Crippen molar-refractivity contribution in [2.45, 2.75) is 12.8 Å². The van der Waals surface area contributed by atoms with E-state index in [1.165, 1.54) is 7.11 Å². The number of carbonyl (C=O) groups is 3. The second-order valence-corrected chi connectivity index (χ2v) is 2.01. The molecule has 0 bridgehead atoms. The molecular formula is C7H10O5. The molecule has 5 heteroatoms. The Morgan fingerprint density at radius 3 is 2.58 bits per heavy atom. The minimum Gasteiger partial charge on any atom is -0.469 e. The first-order valence-electron chi connectivity index (χ1n) is 3.34. The van der Waals surface area contributed by atoms with E-state index in [-0.39, 0.29) is 31.7 Å². The number of carbonyl (C=O) groups excluding carboxylic acids is 3. The van der Waals surface area contributed by atoms with Crippen molar-refractivity contribution in [3.05, 3.63) is 0 Å². The molecule has 0 N–H and O–H groups in total. The molecule has 0 radical (unpaired) electrons. The number of Topliss-reactive ketones (excluding diaryl/α,β-unsaturated/α-hetero) is 1. The molecule has 0 fully saturated rings. The molecule has 0 aromatic carbocycles. The summed E-state index contributed by atoms with van der Waals surface area (Å²) in [5.41, 5.74) is 0. The molecule has 0 saturated carbocycles. The highest BCUT2D eigenvalue weighted by atomic mass is 16.5. The summed E-state index contributed by atoms with van der Waals surface area (Å²) in [5.74, 6) is -0.880. The lowest BCUT2D eigenvalue weighted by molar-refractivity contribution is -0.143. The summed E-state index contributed by atoms with van der Waals surface area (Å²) in [4.78, 5) is 30.9. The van der Waals surface area contributed by atoms with Gasteiger partial charge in [-0.2, -0.15) is 0 Å². The summed E-state index contributed by atoms with van der Waals surface area (Å²) >= 11 is 0. The van der Waals surface area contributed by atoms with Crippen LogP contribution < -0.4 is 0 Å². The van der Waals surface area contributed by atoms with Crippen LogP contribution in [0.1, 0.15) is 12.8 Å². The minimum absolute atomic E-state index is 0.0132. The zero-order chi connectivity index (χ0) is 9.40. The predicted molar refractivity (Wildman–Crippen MR) is 38.3 cm³/mol. The second-order valence-electron chi connectivity index (χ2n) is 2.01. The highest BCUT2D eigenvalue weighted by molar-refractivity contribution is 5.95. The molecular weight excluding hydrogens is 164 g/mol. The van der Waals surface area contributed by atoms with Gasteiger partial charge in [-0.15, -0.1) is 0 Å². The lowest BCUT2D eigenvalue weighted by Crippen LogP contribution is -2.11. The van der Waals surface area contributed by atoms with Crippen molar-refractivity contribution in [2.75, 3.05) is 13.7 Å². The SMILES string of the molecule is COC(=O)CC(=O)CCOC=O. The zero-order valence-corrected chi connectivity index (χ0v) is 6.74. The van der Waals surface area contributed by atoms with Crippen molar-refractivity contribution in [2.24, 2.45) is 0 Å². The molecule has 0 amide bonds. The Labute approximate surface area is 69.6 Å². The van der Waals surface area contributed by atoms with Crippen LogP contribution in [0.5, 0.6) is 0 Å². The summed E-state index contributed by atoms with van der Waals surface area (Å²) in [6, 6.07) is 0. The van der Waals surface area contributed by atoms with Gasteiger partial charge in [-0.25, -0.2) is 0 Å². The number of hydrogen-bond acceptors (Lipinski definition) is 5. The molecule has 68 valence electrons. The largest absolute Gasteiger partial charge is 0.469 e. The molecule has 0 saturated heterocycles. The summed E-state index contributed by atoms with van der Waals surface area (Å²) in [6.45, 7) is 0.269. The van der Waals surface area contributed by atoms with Gasteiger partial charge in [0.25, 0.3) is 6.47 Å². The lowest BCUT2D eigenvalue weighted by atomic mass is 10.2. The molecule has 0 atom stereocenters. The molecule has 0 aliphatic carbocycles. The first kappa shape index (κ1) is 10.6. The number of methoxy groups -OCH3 is 1. The van der Waals surface area contributed by atoms with Crippen LogP contribution in [0.3, 0.4) is 0 Å². The molecule has 5 nitrogen and oxygen atoms in total. The molecule has 0 spiro atoms. The number of ketones is 1. The minimum atomic E-state index is -0.578. The fourth-order valence-electron chi connectivity index (χ4n) is 0.542. The predicted octanol–water partition coefficient (Wildman–Crippen LogP) is -0.318. The molecule has 0 aromatic heterocycles. The van der Waals surface area contributed by atoms with E-state index in [0.717, 1.165) is 0 Å². The Morgan fingerprint density at radius 1 is 1.42 bits per heavy atom. The van der Waals surface area contributed by atoms with Crippen LogP contribution in [-0.4, -0.2) is 31.9 Å². The van der Waals surface area contributed by atoms with E-state index in [1.54, 1.807) is 0 Å². The van der Waals surface area contributed by atoms with Gasteiger partial charge in [0.05, 0.1) is 13.7 Å². The van der Waals surface area contributed by atoms with Gasteiger partial charge >= 0.3 is 5.97 Å². The molecule has 12 heavy (non-hydrogen) atoms. The van der Waals surface area contributed by atoms with Gasteiger partial charge in [0, 0.05) is 6.42 Å². The van der Waals surface area contributed by atoms with Crippen LogP contribution in [0.25, 0.3) is 0 Å². The van der Waals surface area contributed by atoms with Crippen molar-refractivity contribution in [1.82, 2.24) is 0 Å². The van der Waals surface area contributed by atoms with E-state index < -0.39 is 5.97 Å². The van der Waals surface area contributed by atoms with Crippen LogP contribution in [0.15, 0.2) is 0 Å². The maximum Gasteiger partial charge on any atom is 0.313 e. The highest BCUT2D eigenvalue weighted by Crippen LogP contribution is 1.92. The quantitative estimate of drug-likeness (QED) is 0.239. The fourth-order valence-corrected chi connectivity index (χ4v) is 0.542. The van der Waals surface area contributed by atoms with Crippen LogP contribution in [0, 0.1) is 0 Å². The van der Waals surface area contributed by atoms with Crippen molar-refractivity contribution in [3.8, 4) is 0 Å². The van der Waals surface area contributed by atoms with Gasteiger partial charge < -0.3 is 9.47 Å². The van der Waals surface area contributed by atoms with Gasteiger partial charge in [-0.3, -0.25) is 14.4 Å². The third-order valence-corrected chi connectivity index (χ3v) is 1.14. The van der Waals surface area contributed by atoms with E-state index in [9.17, 15) is 14.4 Å². The summed E-state index contributed by atoms with van der Waals surface area (Å²) in [5, 5.41) is 0. The Hall–Kier alpha value is -1.39. The van der Waals surface area contributed by atoms with E-state index >= 15 is 0 Å². The lowest BCUT2D eigenvalue weighted by Gasteiger charge is -1.98. The summed E-state index contributed by atoms with van der Waals surface area (Å²) < 4.78 is 8.52. The van der Waals surface area contributed by atoms with Crippen molar-refractivity contribution < 1.29 is 23.9 Å². The van der Waals surface area contributed by atoms with E-state index in [0.29, 0.717) is 0 Å². The van der Waals surface area contributed by atoms with E-state index in [4.69, 9.17) is 0 Å². The number of esters is 1. The van der Waals surface area contributed by atoms with Crippen molar-refractivity contribution >= 4 is 18.2 Å². The third kappa shape index (κ3) is 5.40. The molecule has 0 aromatic rings. The number of ether oxygens (including phenoxy) is 2. The molecule has 0 aliphatic heterocycles. The Kier molecular flexibility index (Phi) is 5.60. The highest BCUT2D eigenvalue weighted by Gasteiger charge is 2.08. The van der Waals surface area contributed by atoms with Gasteiger partial charge in [0.1, 0.15) is 12.2 Å². The van der Waals surface area contributed by atoms with Gasteiger partial charge in [-0.05, 0) is 0 Å². The molecule has 0 aliphatic rings. The Bertz CT molecular complexity index is 175. The normalized spacial score (nSPS) is 8.75. The topological polar surface area (TPSA) is 69.7 Å². The number of hydrogen-bond donors (Lipinski definition) is 0. The first-order valence-corrected chi connectivity index (χ1v) is 3.34. The van der Waals surface area contributed by atoms with Gasteiger partial charge in [0.2, 0.25) is 0 Å². The molecule has 0 unspecified atom stereocenters. The van der Waals surface area contributed by atoms with E-state index in [2.05, 4.69) is 9.47 Å². The standard InChI is InChI=1S/C7H10O5/c1-11-7(10)4-6(9)2-3-12-5-8/h5H,2-4H2,1H3. The van der Waals surface area contributed by atoms with Crippen LogP contribution in [-0.2, 0) is 23.9 Å². The molecule has 0 rings (SSSR count). The average Bonchev–Trinajstić information content (AvgIpc) is 2.05. The third-order valence-electron chi connectivity index (χ3n) is 1.14. The monoisotopic (exact) mass is 174 g/mol. The Balaban J connectivity index is 3.46. The fraction of sp³-hybridized carbons (Fsp3) is 0.571. The van der Waals surface area contributed by atoms with Crippen molar-refractivity contribution in [1.29, 1.82) is 0 Å². The average molecular weight is 174 g/mol. The maximum atomic E-state index is 10.8. The van der Waals surface area contributed by atoms with Crippen LogP contribution in [0.4, 0.5) is 0 Å². The first-order chi connectivity index (χ1) is 5.70. The summed E-state index contributed by atoms with van der Waals surface area (Å²) in [6.07, 6.45) is -0.216. The second kappa shape index (κ2) is 6.33. The van der Waals surface area contributed by atoms with Crippen LogP contribution in [0.2, 0.25) is 0 Å². The van der Waals surface area contributed by atoms with E-state index in [1.807, 2.05) is 0 Å².